The van der Waals surface area contributed by atoms with E-state index in [0.717, 1.165) is 5.56 Å². The van der Waals surface area contributed by atoms with Crippen molar-refractivity contribution < 1.29 is 18.0 Å². The molecule has 178 valence electrons. The molecule has 0 unspecified atom stereocenters. The molecule has 0 atom stereocenters. The third-order valence-corrected chi connectivity index (χ3v) is 7.03. The van der Waals surface area contributed by atoms with Crippen LogP contribution < -0.4 is 14.9 Å². The summed E-state index contributed by atoms with van der Waals surface area (Å²) in [5, 5.41) is 5.63. The molecule has 0 aliphatic carbocycles. The fraction of sp³-hybridized carbons (Fsp3) is 0.231. The summed E-state index contributed by atoms with van der Waals surface area (Å²) < 4.78 is 27.0. The zero-order valence-electron chi connectivity index (χ0n) is 19.9. The normalized spacial score (nSPS) is 11.6. The minimum absolute atomic E-state index is 0.128. The van der Waals surface area contributed by atoms with Crippen LogP contribution in [0, 0.1) is 12.3 Å². The molecule has 0 radical (unpaired) electrons. The average molecular weight is 480 g/mol. The van der Waals surface area contributed by atoms with Gasteiger partial charge in [0.25, 0.3) is 15.9 Å². The predicted octanol–water partition coefficient (Wildman–Crippen LogP) is 5.06. The van der Waals surface area contributed by atoms with Crippen LogP contribution in [0.5, 0.6) is 0 Å². The highest BCUT2D eigenvalue weighted by Crippen LogP contribution is 2.24. The van der Waals surface area contributed by atoms with Gasteiger partial charge < -0.3 is 10.6 Å². The second-order valence-electron chi connectivity index (χ2n) is 9.07. The molecule has 8 heteroatoms. The maximum Gasteiger partial charge on any atom is 0.264 e. The lowest BCUT2D eigenvalue weighted by Gasteiger charge is -2.20. The second kappa shape index (κ2) is 9.69. The summed E-state index contributed by atoms with van der Waals surface area (Å²) in [6, 6.07) is 19.8. The van der Waals surface area contributed by atoms with E-state index in [4.69, 9.17) is 0 Å². The Hall–Kier alpha value is -3.65. The molecule has 2 amide bonds. The van der Waals surface area contributed by atoms with Crippen LogP contribution in [0.25, 0.3) is 0 Å². The first-order valence-electron chi connectivity index (χ1n) is 10.8. The molecule has 3 rings (SSSR count). The van der Waals surface area contributed by atoms with Gasteiger partial charge in [0, 0.05) is 29.4 Å². The monoisotopic (exact) mass is 479 g/mol. The van der Waals surface area contributed by atoms with E-state index in [9.17, 15) is 18.0 Å². The quantitative estimate of drug-likeness (QED) is 0.517. The molecule has 2 N–H and O–H groups in total. The molecule has 34 heavy (non-hydrogen) atoms. The Morgan fingerprint density at radius 2 is 1.38 bits per heavy atom. The van der Waals surface area contributed by atoms with Crippen molar-refractivity contribution in [3.05, 3.63) is 83.9 Å². The topological polar surface area (TPSA) is 95.6 Å². The lowest BCUT2D eigenvalue weighted by molar-refractivity contribution is -0.123. The fourth-order valence-corrected chi connectivity index (χ4v) is 4.22. The molecule has 0 bridgehead atoms. The van der Waals surface area contributed by atoms with Gasteiger partial charge in [-0.1, -0.05) is 44.5 Å². The Bertz CT molecular complexity index is 1290. The van der Waals surface area contributed by atoms with Crippen LogP contribution in [0.3, 0.4) is 0 Å². The first kappa shape index (κ1) is 25.0. The van der Waals surface area contributed by atoms with Crippen molar-refractivity contribution in [3.63, 3.8) is 0 Å². The first-order chi connectivity index (χ1) is 15.9. The summed E-state index contributed by atoms with van der Waals surface area (Å²) in [7, 11) is -2.24. The first-order valence-corrected chi connectivity index (χ1v) is 12.2. The molecule has 0 spiro atoms. The minimum atomic E-state index is -3.72. The number of nitrogens with one attached hydrogen (secondary N) is 2. The van der Waals surface area contributed by atoms with E-state index >= 15 is 0 Å². The molecule has 3 aromatic rings. The van der Waals surface area contributed by atoms with E-state index in [2.05, 4.69) is 10.6 Å². The lowest BCUT2D eigenvalue weighted by atomic mass is 9.95. The van der Waals surface area contributed by atoms with E-state index in [1.807, 2.05) is 27.7 Å². The van der Waals surface area contributed by atoms with Gasteiger partial charge in [0.15, 0.2) is 0 Å². The van der Waals surface area contributed by atoms with Crippen LogP contribution in [-0.2, 0) is 14.8 Å². The van der Waals surface area contributed by atoms with E-state index in [-0.39, 0.29) is 16.7 Å². The molecule has 7 nitrogen and oxygen atoms in total. The lowest BCUT2D eigenvalue weighted by Crippen LogP contribution is -2.27. The largest absolute Gasteiger partial charge is 0.326 e. The second-order valence-corrected chi connectivity index (χ2v) is 11.0. The van der Waals surface area contributed by atoms with Crippen molar-refractivity contribution in [2.24, 2.45) is 5.41 Å². The van der Waals surface area contributed by atoms with Gasteiger partial charge in [-0.25, -0.2) is 8.42 Å². The third-order valence-electron chi connectivity index (χ3n) is 5.23. The number of benzene rings is 3. The Kier molecular flexibility index (Phi) is 7.12. The van der Waals surface area contributed by atoms with Gasteiger partial charge in [-0.3, -0.25) is 13.9 Å². The molecule has 0 saturated carbocycles. The van der Waals surface area contributed by atoms with Crippen molar-refractivity contribution in [2.45, 2.75) is 32.6 Å². The van der Waals surface area contributed by atoms with Gasteiger partial charge in [0.1, 0.15) is 0 Å². The highest BCUT2D eigenvalue weighted by Gasteiger charge is 2.22. The fourth-order valence-electron chi connectivity index (χ4n) is 3.03. The summed E-state index contributed by atoms with van der Waals surface area (Å²) in [6.07, 6.45) is 0. The number of aryl methyl sites for hydroxylation is 1. The Morgan fingerprint density at radius 1 is 0.824 bits per heavy atom. The number of rotatable bonds is 6. The standard InChI is InChI=1S/C26H29N3O4S/c1-18-9-15-23(16-10-18)34(32,33)29(5)22-13-11-19(12-14-22)24(30)27-20-7-6-8-21(17-20)28-25(31)26(2,3)4/h6-17H,1-5H3,(H,27,30)(H,28,31). The number of sulfonamides is 1. The van der Waals surface area contributed by atoms with Crippen LogP contribution in [0.2, 0.25) is 0 Å². The third kappa shape index (κ3) is 5.82. The van der Waals surface area contributed by atoms with Gasteiger partial charge in [-0.15, -0.1) is 0 Å². The van der Waals surface area contributed by atoms with Crippen molar-refractivity contribution in [1.29, 1.82) is 0 Å². The van der Waals surface area contributed by atoms with Gasteiger partial charge in [0.2, 0.25) is 5.91 Å². The molecule has 0 aromatic heterocycles. The van der Waals surface area contributed by atoms with E-state index in [0.29, 0.717) is 22.6 Å². The number of anilines is 3. The van der Waals surface area contributed by atoms with E-state index < -0.39 is 15.4 Å². The molecular weight excluding hydrogens is 450 g/mol. The predicted molar refractivity (Wildman–Crippen MR) is 136 cm³/mol. The van der Waals surface area contributed by atoms with Crippen LogP contribution in [0.15, 0.2) is 77.7 Å². The SMILES string of the molecule is Cc1ccc(S(=O)(=O)N(C)c2ccc(C(=O)Nc3cccc(NC(=O)C(C)(C)C)c3)cc2)cc1. The maximum absolute atomic E-state index is 12.9. The Balaban J connectivity index is 1.71. The van der Waals surface area contributed by atoms with Crippen LogP contribution in [0.1, 0.15) is 36.7 Å². The Labute approximate surface area is 200 Å². The van der Waals surface area contributed by atoms with E-state index in [1.165, 1.54) is 11.4 Å². The minimum Gasteiger partial charge on any atom is -0.326 e. The van der Waals surface area contributed by atoms with Gasteiger partial charge in [0.05, 0.1) is 10.6 Å². The molecular formula is C26H29N3O4S. The summed E-state index contributed by atoms with van der Waals surface area (Å²) in [4.78, 5) is 25.1. The number of carbonyl (C=O) groups excluding carboxylic acids is 2. The van der Waals surface area contributed by atoms with Gasteiger partial charge >= 0.3 is 0 Å². The smallest absolute Gasteiger partial charge is 0.264 e. The summed E-state index contributed by atoms with van der Waals surface area (Å²) in [5.74, 6) is -0.480. The van der Waals surface area contributed by atoms with E-state index in [1.54, 1.807) is 72.8 Å². The number of hydrogen-bond acceptors (Lipinski definition) is 4. The summed E-state index contributed by atoms with van der Waals surface area (Å²) >= 11 is 0. The van der Waals surface area contributed by atoms with Gasteiger partial charge in [-0.05, 0) is 61.5 Å². The molecule has 0 aliphatic heterocycles. The van der Waals surface area contributed by atoms with Crippen molar-refractivity contribution in [2.75, 3.05) is 22.0 Å². The number of nitrogens with zero attached hydrogens (tertiary/aromatic N) is 1. The molecule has 0 saturated heterocycles. The van der Waals surface area contributed by atoms with Crippen molar-refractivity contribution in [3.8, 4) is 0 Å². The van der Waals surface area contributed by atoms with Crippen molar-refractivity contribution >= 4 is 38.9 Å². The zero-order valence-corrected chi connectivity index (χ0v) is 20.7. The molecule has 0 aliphatic rings. The number of hydrogen-bond donors (Lipinski definition) is 2. The molecule has 3 aromatic carbocycles. The van der Waals surface area contributed by atoms with Crippen molar-refractivity contribution in [1.82, 2.24) is 0 Å². The number of carbonyl (C=O) groups is 2. The van der Waals surface area contributed by atoms with Crippen LogP contribution in [0.4, 0.5) is 17.1 Å². The van der Waals surface area contributed by atoms with Gasteiger partial charge in [-0.2, -0.15) is 0 Å². The average Bonchev–Trinajstić information content (AvgIpc) is 2.78. The zero-order chi connectivity index (χ0) is 25.1. The molecule has 0 heterocycles. The highest BCUT2D eigenvalue weighted by atomic mass is 32.2. The summed E-state index contributed by atoms with van der Waals surface area (Å²) in [6.45, 7) is 7.35. The summed E-state index contributed by atoms with van der Waals surface area (Å²) in [5.41, 5.74) is 2.34. The Morgan fingerprint density at radius 3 is 1.94 bits per heavy atom. The van der Waals surface area contributed by atoms with Crippen LogP contribution in [-0.4, -0.2) is 27.3 Å². The molecule has 0 fully saturated rings. The van der Waals surface area contributed by atoms with Crippen LogP contribution >= 0.6 is 0 Å². The highest BCUT2D eigenvalue weighted by molar-refractivity contribution is 7.92. The number of amides is 2. The maximum atomic E-state index is 12.9.